The molecule has 34 heavy (non-hydrogen) atoms. The molecule has 0 aliphatic heterocycles. The molecule has 0 N–H and O–H groups in total. The van der Waals surface area contributed by atoms with E-state index in [1.165, 1.54) is 0 Å². The lowest BCUT2D eigenvalue weighted by molar-refractivity contribution is -0.0285. The van der Waals surface area contributed by atoms with E-state index in [0.717, 1.165) is 25.7 Å². The van der Waals surface area contributed by atoms with Crippen molar-refractivity contribution in [3.05, 3.63) is 59.7 Å². The minimum Gasteiger partial charge on any atom is -0.493 e. The number of para-hydroxylation sites is 2. The number of hydrogen-bond donors (Lipinski definition) is 0. The van der Waals surface area contributed by atoms with Gasteiger partial charge in [-0.05, 0) is 57.9 Å². The van der Waals surface area contributed by atoms with Gasteiger partial charge in [0.1, 0.15) is 34.3 Å². The number of carbonyl (C=O) groups is 2. The minimum atomic E-state index is -0.857. The van der Waals surface area contributed by atoms with Crippen molar-refractivity contribution < 1.29 is 28.5 Å². The van der Waals surface area contributed by atoms with E-state index >= 15 is 0 Å². The van der Waals surface area contributed by atoms with E-state index in [4.69, 9.17) is 18.9 Å². The zero-order chi connectivity index (χ0) is 25.0. The lowest BCUT2D eigenvalue weighted by atomic mass is 10.0. The second-order valence-electron chi connectivity index (χ2n) is 8.97. The van der Waals surface area contributed by atoms with Gasteiger partial charge in [0.05, 0.1) is 13.2 Å². The van der Waals surface area contributed by atoms with Crippen LogP contribution in [0, 0.1) is 0 Å². The molecule has 6 heteroatoms. The van der Waals surface area contributed by atoms with E-state index in [1.807, 2.05) is 12.1 Å². The Hall–Kier alpha value is -3.02. The molecule has 0 aromatic heterocycles. The molecule has 0 radical (unpaired) electrons. The molecule has 2 aromatic carbocycles. The van der Waals surface area contributed by atoms with Crippen LogP contribution < -0.4 is 9.47 Å². The first-order valence-corrected chi connectivity index (χ1v) is 12.1. The molecule has 0 spiro atoms. The number of esters is 2. The van der Waals surface area contributed by atoms with Crippen LogP contribution in [0.3, 0.4) is 0 Å². The zero-order valence-electron chi connectivity index (χ0n) is 21.1. The van der Waals surface area contributed by atoms with Gasteiger partial charge in [0.15, 0.2) is 0 Å². The fourth-order valence-electron chi connectivity index (χ4n) is 3.50. The van der Waals surface area contributed by atoms with Gasteiger partial charge in [0.2, 0.25) is 0 Å². The summed E-state index contributed by atoms with van der Waals surface area (Å²) in [5, 5.41) is 0. The Bertz CT molecular complexity index is 921. The zero-order valence-corrected chi connectivity index (χ0v) is 21.1. The molecule has 186 valence electrons. The number of unbranched alkanes of at least 4 members (excludes halogenated alkanes) is 2. The highest BCUT2D eigenvalue weighted by Crippen LogP contribution is 2.26. The van der Waals surface area contributed by atoms with E-state index in [9.17, 15) is 9.59 Å². The van der Waals surface area contributed by atoms with Crippen LogP contribution in [0.5, 0.6) is 11.5 Å². The first kappa shape index (κ1) is 27.2. The molecule has 0 bridgehead atoms. The summed E-state index contributed by atoms with van der Waals surface area (Å²) >= 11 is 0. The quantitative estimate of drug-likeness (QED) is 0.228. The number of carbonyl (C=O) groups excluding carboxylic acids is 2. The summed E-state index contributed by atoms with van der Waals surface area (Å²) in [6, 6.07) is 14.1. The standard InChI is InChI=1S/C28H38O6/c1-6-8-18-31-24-16-12-10-14-22(24)26(29)33-21(3)20-28(4,5)34-27(30)23-15-11-13-17-25(23)32-19-9-7-2/h10-17,21H,6-9,18-20H2,1-5H3. The molecule has 2 aromatic rings. The van der Waals surface area contributed by atoms with Crippen molar-refractivity contribution in [3.8, 4) is 11.5 Å². The molecule has 2 rings (SSSR count). The van der Waals surface area contributed by atoms with Crippen molar-refractivity contribution >= 4 is 11.9 Å². The summed E-state index contributed by atoms with van der Waals surface area (Å²) in [6.45, 7) is 10.6. The SMILES string of the molecule is CCCCOc1ccccc1C(=O)OC(C)CC(C)(C)OC(=O)c1ccccc1OCCCC. The van der Waals surface area contributed by atoms with E-state index in [-0.39, 0.29) is 0 Å². The van der Waals surface area contributed by atoms with E-state index in [0.29, 0.717) is 42.3 Å². The van der Waals surface area contributed by atoms with Crippen molar-refractivity contribution in [3.63, 3.8) is 0 Å². The van der Waals surface area contributed by atoms with Crippen LogP contribution in [0.15, 0.2) is 48.5 Å². The molecule has 0 aliphatic carbocycles. The molecule has 6 nitrogen and oxygen atoms in total. The molecular formula is C28H38O6. The number of rotatable bonds is 14. The van der Waals surface area contributed by atoms with Crippen molar-refractivity contribution in [2.75, 3.05) is 13.2 Å². The van der Waals surface area contributed by atoms with Gasteiger partial charge < -0.3 is 18.9 Å². The van der Waals surface area contributed by atoms with Gasteiger partial charge in [-0.15, -0.1) is 0 Å². The summed E-state index contributed by atoms with van der Waals surface area (Å²) in [4.78, 5) is 25.7. The second-order valence-corrected chi connectivity index (χ2v) is 8.97. The van der Waals surface area contributed by atoms with Crippen LogP contribution >= 0.6 is 0 Å². The lowest BCUT2D eigenvalue weighted by Crippen LogP contribution is -2.33. The Labute approximate surface area is 203 Å². The van der Waals surface area contributed by atoms with Crippen LogP contribution in [0.25, 0.3) is 0 Å². The van der Waals surface area contributed by atoms with Gasteiger partial charge >= 0.3 is 11.9 Å². The molecule has 0 saturated carbocycles. The third kappa shape index (κ3) is 8.73. The maximum absolute atomic E-state index is 12.9. The molecular weight excluding hydrogens is 432 g/mol. The third-order valence-electron chi connectivity index (χ3n) is 5.18. The van der Waals surface area contributed by atoms with Crippen LogP contribution in [-0.2, 0) is 9.47 Å². The Morgan fingerprint density at radius 2 is 1.26 bits per heavy atom. The smallest absolute Gasteiger partial charge is 0.342 e. The minimum absolute atomic E-state index is 0.336. The first-order chi connectivity index (χ1) is 16.3. The highest BCUT2D eigenvalue weighted by molar-refractivity contribution is 5.93. The predicted octanol–water partition coefficient (Wildman–Crippen LogP) is 6.62. The molecule has 1 atom stereocenters. The summed E-state index contributed by atoms with van der Waals surface area (Å²) in [5.41, 5.74) is -0.0855. The average Bonchev–Trinajstić information content (AvgIpc) is 2.79. The van der Waals surface area contributed by atoms with Crippen LogP contribution in [-0.4, -0.2) is 36.9 Å². The molecule has 1 unspecified atom stereocenters. The number of hydrogen-bond acceptors (Lipinski definition) is 6. The summed E-state index contributed by atoms with van der Waals surface area (Å²) in [7, 11) is 0. The molecule has 0 fully saturated rings. The second kappa shape index (κ2) is 13.6. The Kier molecular flexibility index (Phi) is 10.9. The highest BCUT2D eigenvalue weighted by Gasteiger charge is 2.29. The van der Waals surface area contributed by atoms with Crippen LogP contribution in [0.2, 0.25) is 0 Å². The Morgan fingerprint density at radius 1 is 0.794 bits per heavy atom. The fraction of sp³-hybridized carbons (Fsp3) is 0.500. The van der Waals surface area contributed by atoms with Gasteiger partial charge in [-0.3, -0.25) is 0 Å². The van der Waals surface area contributed by atoms with Gasteiger partial charge in [-0.25, -0.2) is 9.59 Å². The van der Waals surface area contributed by atoms with E-state index < -0.39 is 23.6 Å². The normalized spacial score (nSPS) is 12.0. The van der Waals surface area contributed by atoms with Gasteiger partial charge in [-0.1, -0.05) is 51.0 Å². The Balaban J connectivity index is 1.98. The third-order valence-corrected chi connectivity index (χ3v) is 5.18. The molecule has 0 heterocycles. The molecule has 0 aliphatic rings. The van der Waals surface area contributed by atoms with Gasteiger partial charge in [0, 0.05) is 6.42 Å². The van der Waals surface area contributed by atoms with Crippen molar-refractivity contribution in [2.45, 2.75) is 78.4 Å². The molecule has 0 amide bonds. The largest absolute Gasteiger partial charge is 0.493 e. The monoisotopic (exact) mass is 470 g/mol. The Morgan fingerprint density at radius 3 is 1.76 bits per heavy atom. The predicted molar refractivity (Wildman–Crippen MR) is 133 cm³/mol. The van der Waals surface area contributed by atoms with Crippen molar-refractivity contribution in [1.82, 2.24) is 0 Å². The van der Waals surface area contributed by atoms with Crippen LogP contribution in [0.4, 0.5) is 0 Å². The van der Waals surface area contributed by atoms with E-state index in [1.54, 1.807) is 57.2 Å². The lowest BCUT2D eigenvalue weighted by Gasteiger charge is -2.28. The highest BCUT2D eigenvalue weighted by atomic mass is 16.6. The summed E-state index contributed by atoms with van der Waals surface area (Å²) in [6.07, 6.45) is 3.69. The van der Waals surface area contributed by atoms with E-state index in [2.05, 4.69) is 13.8 Å². The van der Waals surface area contributed by atoms with Gasteiger partial charge in [-0.2, -0.15) is 0 Å². The summed E-state index contributed by atoms with van der Waals surface area (Å²) < 4.78 is 23.0. The maximum Gasteiger partial charge on any atom is 0.342 e. The van der Waals surface area contributed by atoms with Gasteiger partial charge in [0.25, 0.3) is 0 Å². The number of ether oxygens (including phenoxy) is 4. The van der Waals surface area contributed by atoms with Crippen LogP contribution in [0.1, 0.15) is 87.4 Å². The summed E-state index contributed by atoms with van der Waals surface area (Å²) in [5.74, 6) is 0.0936. The topological polar surface area (TPSA) is 71.1 Å². The number of benzene rings is 2. The maximum atomic E-state index is 12.9. The average molecular weight is 471 g/mol. The first-order valence-electron chi connectivity index (χ1n) is 12.1. The van der Waals surface area contributed by atoms with Crippen molar-refractivity contribution in [1.29, 1.82) is 0 Å². The fourth-order valence-corrected chi connectivity index (χ4v) is 3.50. The van der Waals surface area contributed by atoms with Crippen molar-refractivity contribution in [2.24, 2.45) is 0 Å². The molecule has 0 saturated heterocycles.